The molecule has 0 spiro atoms. The van der Waals surface area contributed by atoms with Gasteiger partial charge < -0.3 is 0 Å². The molecule has 1 aliphatic rings. The van der Waals surface area contributed by atoms with Crippen LogP contribution in [0.25, 0.3) is 11.0 Å². The van der Waals surface area contributed by atoms with Crippen LogP contribution in [-0.4, -0.2) is 28.6 Å². The van der Waals surface area contributed by atoms with Crippen LogP contribution in [0.3, 0.4) is 0 Å². The van der Waals surface area contributed by atoms with Gasteiger partial charge in [-0.2, -0.15) is 8.75 Å². The molecule has 0 aliphatic carbocycles. The van der Waals surface area contributed by atoms with Crippen LogP contribution < -0.4 is 4.31 Å². The van der Waals surface area contributed by atoms with Crippen molar-refractivity contribution in [1.29, 1.82) is 0 Å². The minimum absolute atomic E-state index is 0.0631. The summed E-state index contributed by atoms with van der Waals surface area (Å²) in [5, 5.41) is 11.0. The Kier molecular flexibility index (Phi) is 3.25. The molecule has 0 bridgehead atoms. The Balaban J connectivity index is 1.87. The summed E-state index contributed by atoms with van der Waals surface area (Å²) in [5.41, 5.74) is 1.82. The zero-order valence-electron chi connectivity index (χ0n) is 12.1. The van der Waals surface area contributed by atoms with E-state index in [9.17, 15) is 18.5 Å². The quantitative estimate of drug-likeness (QED) is 0.523. The lowest BCUT2D eigenvalue weighted by Gasteiger charge is -2.19. The average Bonchev–Trinajstić information content (AvgIpc) is 3.20. The molecule has 0 unspecified atom stereocenters. The summed E-state index contributed by atoms with van der Waals surface area (Å²) in [6, 6.07) is 9.09. The molecule has 3 aromatic rings. The maximum atomic E-state index is 13.1. The van der Waals surface area contributed by atoms with Crippen LogP contribution in [0.4, 0.5) is 11.4 Å². The minimum atomic E-state index is -3.88. The first-order valence-corrected chi connectivity index (χ1v) is 9.17. The minimum Gasteiger partial charge on any atom is -0.265 e. The number of hydrogen-bond acceptors (Lipinski definition) is 7. The van der Waals surface area contributed by atoms with Gasteiger partial charge in [0, 0.05) is 18.7 Å². The highest BCUT2D eigenvalue weighted by molar-refractivity contribution is 7.93. The molecule has 24 heavy (non-hydrogen) atoms. The SMILES string of the molecule is O=[N+]([O-])c1ccc2c(c1)N(S(=O)(=O)c1cccc3nsnc13)CC2. The van der Waals surface area contributed by atoms with E-state index in [4.69, 9.17) is 0 Å². The zero-order chi connectivity index (χ0) is 16.9. The Morgan fingerprint density at radius 2 is 2.04 bits per heavy atom. The Morgan fingerprint density at radius 3 is 2.83 bits per heavy atom. The van der Waals surface area contributed by atoms with Gasteiger partial charge in [-0.15, -0.1) is 0 Å². The number of nitro groups is 1. The summed E-state index contributed by atoms with van der Waals surface area (Å²) in [7, 11) is -3.88. The highest BCUT2D eigenvalue weighted by Crippen LogP contribution is 2.36. The van der Waals surface area contributed by atoms with E-state index in [2.05, 4.69) is 8.75 Å². The van der Waals surface area contributed by atoms with Gasteiger partial charge in [-0.25, -0.2) is 8.42 Å². The topological polar surface area (TPSA) is 106 Å². The summed E-state index contributed by atoms with van der Waals surface area (Å²) in [6.07, 6.45) is 0.512. The maximum absolute atomic E-state index is 13.1. The molecule has 0 N–H and O–H groups in total. The molecule has 1 aliphatic heterocycles. The van der Waals surface area contributed by atoms with Gasteiger partial charge in [0.15, 0.2) is 0 Å². The first-order valence-electron chi connectivity index (χ1n) is 7.00. The van der Waals surface area contributed by atoms with Gasteiger partial charge in [0.25, 0.3) is 15.7 Å². The summed E-state index contributed by atoms with van der Waals surface area (Å²) in [6.45, 7) is 0.243. The monoisotopic (exact) mass is 362 g/mol. The summed E-state index contributed by atoms with van der Waals surface area (Å²) in [4.78, 5) is 10.5. The van der Waals surface area contributed by atoms with Gasteiger partial charge in [-0.3, -0.25) is 14.4 Å². The van der Waals surface area contributed by atoms with E-state index < -0.39 is 14.9 Å². The van der Waals surface area contributed by atoms with Gasteiger partial charge in [-0.05, 0) is 24.1 Å². The first-order chi connectivity index (χ1) is 11.5. The second-order valence-corrected chi connectivity index (χ2v) is 7.64. The fourth-order valence-corrected chi connectivity index (χ4v) is 5.06. The van der Waals surface area contributed by atoms with E-state index in [-0.39, 0.29) is 17.1 Å². The molecular formula is C14H10N4O4S2. The zero-order valence-corrected chi connectivity index (χ0v) is 13.7. The lowest BCUT2D eigenvalue weighted by molar-refractivity contribution is -0.384. The van der Waals surface area contributed by atoms with Crippen LogP contribution in [0.1, 0.15) is 5.56 Å². The fraction of sp³-hybridized carbons (Fsp3) is 0.143. The number of sulfonamides is 1. The highest BCUT2D eigenvalue weighted by Gasteiger charge is 2.33. The van der Waals surface area contributed by atoms with Crippen molar-refractivity contribution >= 4 is 44.2 Å². The Morgan fingerprint density at radius 1 is 1.21 bits per heavy atom. The van der Waals surface area contributed by atoms with E-state index in [1.165, 1.54) is 22.5 Å². The highest BCUT2D eigenvalue weighted by atomic mass is 32.2. The summed E-state index contributed by atoms with van der Waals surface area (Å²) >= 11 is 0.945. The van der Waals surface area contributed by atoms with Crippen LogP contribution in [0.2, 0.25) is 0 Å². The molecule has 0 atom stereocenters. The number of nitro benzene ring substituents is 1. The lowest BCUT2D eigenvalue weighted by atomic mass is 10.1. The van der Waals surface area contributed by atoms with Gasteiger partial charge in [0.1, 0.15) is 15.9 Å². The summed E-state index contributed by atoms with van der Waals surface area (Å²) in [5.74, 6) is 0. The van der Waals surface area contributed by atoms with E-state index in [0.717, 1.165) is 17.3 Å². The molecule has 122 valence electrons. The predicted molar refractivity (Wildman–Crippen MR) is 88.7 cm³/mol. The Hall–Kier alpha value is -2.59. The van der Waals surface area contributed by atoms with Crippen LogP contribution in [0.5, 0.6) is 0 Å². The normalized spacial score (nSPS) is 14.1. The van der Waals surface area contributed by atoms with E-state index in [1.807, 2.05) is 0 Å². The molecule has 0 radical (unpaired) electrons. The molecule has 0 fully saturated rings. The van der Waals surface area contributed by atoms with Crippen molar-refractivity contribution < 1.29 is 13.3 Å². The van der Waals surface area contributed by atoms with E-state index in [0.29, 0.717) is 23.1 Å². The Bertz CT molecular complexity index is 1080. The first kappa shape index (κ1) is 15.0. The van der Waals surface area contributed by atoms with Gasteiger partial charge >= 0.3 is 0 Å². The van der Waals surface area contributed by atoms with Crippen LogP contribution in [0, 0.1) is 10.1 Å². The third-order valence-electron chi connectivity index (χ3n) is 3.95. The lowest BCUT2D eigenvalue weighted by Crippen LogP contribution is -2.29. The molecular weight excluding hydrogens is 352 g/mol. The van der Waals surface area contributed by atoms with Gasteiger partial charge in [-0.1, -0.05) is 12.1 Å². The molecule has 8 nitrogen and oxygen atoms in total. The van der Waals surface area contributed by atoms with Crippen molar-refractivity contribution in [3.63, 3.8) is 0 Å². The fourth-order valence-electron chi connectivity index (χ4n) is 2.81. The smallest absolute Gasteiger partial charge is 0.265 e. The molecule has 4 rings (SSSR count). The van der Waals surface area contributed by atoms with Crippen molar-refractivity contribution in [2.24, 2.45) is 0 Å². The third kappa shape index (κ3) is 2.14. The van der Waals surface area contributed by atoms with Crippen molar-refractivity contribution in [3.05, 3.63) is 52.1 Å². The van der Waals surface area contributed by atoms with E-state index >= 15 is 0 Å². The number of non-ortho nitro benzene ring substituents is 1. The van der Waals surface area contributed by atoms with E-state index in [1.54, 1.807) is 18.2 Å². The van der Waals surface area contributed by atoms with Crippen LogP contribution in [-0.2, 0) is 16.4 Å². The van der Waals surface area contributed by atoms with Crippen molar-refractivity contribution in [1.82, 2.24) is 8.75 Å². The molecule has 2 heterocycles. The van der Waals surface area contributed by atoms with Crippen molar-refractivity contribution in [2.45, 2.75) is 11.3 Å². The largest absolute Gasteiger partial charge is 0.271 e. The molecule has 2 aromatic carbocycles. The number of benzene rings is 2. The third-order valence-corrected chi connectivity index (χ3v) is 6.34. The average molecular weight is 362 g/mol. The second-order valence-electron chi connectivity index (χ2n) is 5.29. The molecule has 0 saturated heterocycles. The summed E-state index contributed by atoms with van der Waals surface area (Å²) < 4.78 is 35.5. The number of hydrogen-bond donors (Lipinski definition) is 0. The van der Waals surface area contributed by atoms with Gasteiger partial charge in [0.2, 0.25) is 0 Å². The van der Waals surface area contributed by atoms with Crippen LogP contribution >= 0.6 is 11.7 Å². The number of anilines is 1. The molecule has 1 aromatic heterocycles. The predicted octanol–water partition coefficient (Wildman–Crippen LogP) is 2.35. The second kappa shape index (κ2) is 5.21. The van der Waals surface area contributed by atoms with Crippen LogP contribution in [0.15, 0.2) is 41.3 Å². The number of aromatic nitrogens is 2. The number of nitrogens with zero attached hydrogens (tertiary/aromatic N) is 4. The molecule has 0 amide bonds. The standard InChI is InChI=1S/C14H10N4O4S2/c19-18(20)10-5-4-9-6-7-17(12(9)8-10)24(21,22)13-3-1-2-11-14(13)16-23-15-11/h1-5,8H,6-7H2. The maximum Gasteiger partial charge on any atom is 0.271 e. The van der Waals surface area contributed by atoms with Gasteiger partial charge in [0.05, 0.1) is 22.3 Å². The number of rotatable bonds is 3. The number of fused-ring (bicyclic) bond motifs is 2. The molecule has 10 heteroatoms. The van der Waals surface area contributed by atoms with Crippen molar-refractivity contribution in [3.8, 4) is 0 Å². The Labute approximate surface area is 140 Å². The van der Waals surface area contributed by atoms with Crippen molar-refractivity contribution in [2.75, 3.05) is 10.8 Å². The molecule has 0 saturated carbocycles.